The van der Waals surface area contributed by atoms with E-state index in [4.69, 9.17) is 4.42 Å². The minimum Gasteiger partial charge on any atom is -0.455 e. The molecular formula is C46H35NO. The van der Waals surface area contributed by atoms with Gasteiger partial charge in [0, 0.05) is 39.0 Å². The number of fused-ring (bicyclic) bond motifs is 8. The Bertz CT molecular complexity index is 2580. The molecule has 0 saturated heterocycles. The van der Waals surface area contributed by atoms with E-state index < -0.39 is 0 Å². The molecule has 9 aromatic rings. The maximum Gasteiger partial charge on any atom is 0.143 e. The summed E-state index contributed by atoms with van der Waals surface area (Å²) in [4.78, 5) is 2.35. The quantitative estimate of drug-likeness (QED) is 0.183. The minimum absolute atomic E-state index is 0.146. The predicted octanol–water partition coefficient (Wildman–Crippen LogP) is 13.5. The number of nitrogens with zero attached hydrogens (tertiary/aromatic N) is 1. The van der Waals surface area contributed by atoms with Crippen LogP contribution in [0.1, 0.15) is 26.3 Å². The second-order valence-corrected chi connectivity index (χ2v) is 13.8. The Morgan fingerprint density at radius 2 is 0.896 bits per heavy atom. The van der Waals surface area contributed by atoms with Gasteiger partial charge in [-0.25, -0.2) is 0 Å². The van der Waals surface area contributed by atoms with E-state index in [9.17, 15) is 0 Å². The lowest BCUT2D eigenvalue weighted by atomic mass is 9.81. The Balaban J connectivity index is 1.24. The summed E-state index contributed by atoms with van der Waals surface area (Å²) in [5.41, 5.74) is 6.46. The fourth-order valence-corrected chi connectivity index (χ4v) is 7.49. The molecule has 0 bridgehead atoms. The maximum atomic E-state index is 6.99. The lowest BCUT2D eigenvalue weighted by molar-refractivity contribution is 0.569. The monoisotopic (exact) mass is 617 g/mol. The molecule has 0 radical (unpaired) electrons. The average Bonchev–Trinajstić information content (AvgIpc) is 3.54. The number of benzene rings is 8. The van der Waals surface area contributed by atoms with Crippen LogP contribution in [0.4, 0.5) is 17.1 Å². The van der Waals surface area contributed by atoms with Crippen molar-refractivity contribution in [2.45, 2.75) is 26.2 Å². The molecule has 2 nitrogen and oxygen atoms in total. The first kappa shape index (κ1) is 28.4. The number of hydrogen-bond acceptors (Lipinski definition) is 2. The van der Waals surface area contributed by atoms with Crippen LogP contribution >= 0.6 is 0 Å². The summed E-state index contributed by atoms with van der Waals surface area (Å²) in [6, 6.07) is 56.8. The lowest BCUT2D eigenvalue weighted by Gasteiger charge is -2.26. The summed E-state index contributed by atoms with van der Waals surface area (Å²) < 4.78 is 6.99. The van der Waals surface area contributed by atoms with E-state index >= 15 is 0 Å². The second kappa shape index (κ2) is 10.9. The van der Waals surface area contributed by atoms with Crippen LogP contribution in [0.5, 0.6) is 0 Å². The SMILES string of the molecule is CC(C)(C)c1c(-c2ccc(N(c3ccc4ccccc4c3)c3ccc4ccccc4c3)cc2)oc2c3ccccc3c3ccccc3c12. The molecule has 0 aliphatic heterocycles. The fourth-order valence-electron chi connectivity index (χ4n) is 7.49. The normalized spacial score (nSPS) is 12.1. The summed E-state index contributed by atoms with van der Waals surface area (Å²) in [6.07, 6.45) is 0. The van der Waals surface area contributed by atoms with Crippen molar-refractivity contribution in [3.8, 4) is 11.3 Å². The van der Waals surface area contributed by atoms with Crippen LogP contribution in [-0.4, -0.2) is 0 Å². The van der Waals surface area contributed by atoms with Crippen LogP contribution in [0.3, 0.4) is 0 Å². The number of anilines is 3. The van der Waals surface area contributed by atoms with Crippen LogP contribution in [-0.2, 0) is 5.41 Å². The Labute approximate surface area is 280 Å². The van der Waals surface area contributed by atoms with Crippen LogP contribution in [0.2, 0.25) is 0 Å². The standard InChI is InChI=1S/C46H35NO/c1-46(2,3)43-42-40-18-10-8-16-38(40)39-17-9-11-19-41(39)45(42)48-44(43)32-22-24-35(25-23-32)47(36-26-20-30-12-4-6-14-33(30)28-36)37-27-21-31-13-5-7-15-34(31)29-37/h4-29H,1-3H3. The summed E-state index contributed by atoms with van der Waals surface area (Å²) in [5, 5.41) is 11.0. The molecule has 48 heavy (non-hydrogen) atoms. The van der Waals surface area contributed by atoms with Crippen LogP contribution in [0.25, 0.3) is 65.4 Å². The smallest absolute Gasteiger partial charge is 0.143 e. The highest BCUT2D eigenvalue weighted by Crippen LogP contribution is 2.47. The summed E-state index contributed by atoms with van der Waals surface area (Å²) in [7, 11) is 0. The number of hydrogen-bond donors (Lipinski definition) is 0. The zero-order chi connectivity index (χ0) is 32.4. The maximum absolute atomic E-state index is 6.99. The van der Waals surface area contributed by atoms with E-state index in [0.29, 0.717) is 0 Å². The third-order valence-electron chi connectivity index (χ3n) is 9.69. The van der Waals surface area contributed by atoms with Gasteiger partial charge in [-0.2, -0.15) is 0 Å². The number of rotatable bonds is 4. The second-order valence-electron chi connectivity index (χ2n) is 13.8. The topological polar surface area (TPSA) is 16.4 Å². The van der Waals surface area contributed by atoms with Crippen molar-refractivity contribution in [3.05, 3.63) is 163 Å². The van der Waals surface area contributed by atoms with Crippen molar-refractivity contribution in [2.75, 3.05) is 4.90 Å². The third-order valence-corrected chi connectivity index (χ3v) is 9.69. The molecule has 2 heteroatoms. The van der Waals surface area contributed by atoms with Crippen molar-refractivity contribution in [1.29, 1.82) is 0 Å². The Morgan fingerprint density at radius 3 is 1.46 bits per heavy atom. The van der Waals surface area contributed by atoms with Gasteiger partial charge >= 0.3 is 0 Å². The summed E-state index contributed by atoms with van der Waals surface area (Å²) >= 11 is 0. The molecule has 9 rings (SSSR count). The molecule has 230 valence electrons. The average molecular weight is 618 g/mol. The van der Waals surface area contributed by atoms with E-state index in [1.54, 1.807) is 0 Å². The van der Waals surface area contributed by atoms with Gasteiger partial charge < -0.3 is 9.32 Å². The van der Waals surface area contributed by atoms with Crippen LogP contribution in [0, 0.1) is 0 Å². The summed E-state index contributed by atoms with van der Waals surface area (Å²) in [5.74, 6) is 0.938. The van der Waals surface area contributed by atoms with Gasteiger partial charge in [0.05, 0.1) is 0 Å². The van der Waals surface area contributed by atoms with E-state index in [1.807, 2.05) is 0 Å². The zero-order valence-electron chi connectivity index (χ0n) is 27.4. The minimum atomic E-state index is -0.146. The molecule has 0 aliphatic rings. The van der Waals surface area contributed by atoms with Gasteiger partial charge in [0.25, 0.3) is 0 Å². The first-order chi connectivity index (χ1) is 23.4. The molecule has 0 unspecified atom stereocenters. The van der Waals surface area contributed by atoms with Crippen LogP contribution < -0.4 is 4.90 Å². The van der Waals surface area contributed by atoms with Gasteiger partial charge in [-0.15, -0.1) is 0 Å². The molecule has 8 aromatic carbocycles. The molecule has 0 aliphatic carbocycles. The Hall–Kier alpha value is -5.86. The van der Waals surface area contributed by atoms with Gasteiger partial charge in [-0.3, -0.25) is 0 Å². The van der Waals surface area contributed by atoms with Gasteiger partial charge in [0.1, 0.15) is 11.3 Å². The van der Waals surface area contributed by atoms with Crippen molar-refractivity contribution >= 4 is 71.1 Å². The van der Waals surface area contributed by atoms with Gasteiger partial charge in [-0.1, -0.05) is 130 Å². The molecule has 1 heterocycles. The van der Waals surface area contributed by atoms with Crippen LogP contribution in [0.15, 0.2) is 162 Å². The molecule has 0 fully saturated rings. The van der Waals surface area contributed by atoms with E-state index in [2.05, 4.69) is 183 Å². The molecular weight excluding hydrogens is 583 g/mol. The molecule has 0 amide bonds. The van der Waals surface area contributed by atoms with E-state index in [-0.39, 0.29) is 5.41 Å². The first-order valence-electron chi connectivity index (χ1n) is 16.7. The molecule has 0 N–H and O–H groups in total. The fraction of sp³-hybridized carbons (Fsp3) is 0.0870. The predicted molar refractivity (Wildman–Crippen MR) is 205 cm³/mol. The highest BCUT2D eigenvalue weighted by atomic mass is 16.3. The van der Waals surface area contributed by atoms with Gasteiger partial charge in [0.2, 0.25) is 0 Å². The van der Waals surface area contributed by atoms with Gasteiger partial charge in [-0.05, 0) is 91.6 Å². The lowest BCUT2D eigenvalue weighted by Crippen LogP contribution is -2.12. The zero-order valence-corrected chi connectivity index (χ0v) is 27.4. The molecule has 0 saturated carbocycles. The highest BCUT2D eigenvalue weighted by molar-refractivity contribution is 6.25. The first-order valence-corrected chi connectivity index (χ1v) is 16.7. The van der Waals surface area contributed by atoms with Crippen molar-refractivity contribution in [2.24, 2.45) is 0 Å². The van der Waals surface area contributed by atoms with E-state index in [1.165, 1.54) is 48.7 Å². The van der Waals surface area contributed by atoms with Crippen molar-refractivity contribution in [1.82, 2.24) is 0 Å². The van der Waals surface area contributed by atoms with Crippen molar-refractivity contribution < 1.29 is 4.42 Å². The molecule has 0 atom stereocenters. The Kier molecular flexibility index (Phi) is 6.42. The highest BCUT2D eigenvalue weighted by Gasteiger charge is 2.29. The van der Waals surface area contributed by atoms with E-state index in [0.717, 1.165) is 39.4 Å². The Morgan fingerprint density at radius 1 is 0.438 bits per heavy atom. The largest absolute Gasteiger partial charge is 0.455 e. The van der Waals surface area contributed by atoms with Gasteiger partial charge in [0.15, 0.2) is 0 Å². The third kappa shape index (κ3) is 4.56. The number of furan rings is 1. The molecule has 0 spiro atoms. The summed E-state index contributed by atoms with van der Waals surface area (Å²) in [6.45, 7) is 6.88. The molecule has 1 aromatic heterocycles. The van der Waals surface area contributed by atoms with Crippen molar-refractivity contribution in [3.63, 3.8) is 0 Å².